The lowest BCUT2D eigenvalue weighted by molar-refractivity contribution is -0.121. The first kappa shape index (κ1) is 22.6. The summed E-state index contributed by atoms with van der Waals surface area (Å²) in [5.74, 6) is -0.639. The van der Waals surface area contributed by atoms with Crippen molar-refractivity contribution in [3.8, 4) is 0 Å². The number of benzene rings is 1. The highest BCUT2D eigenvalue weighted by Gasteiger charge is 2.33. The minimum Gasteiger partial charge on any atom is -0.351 e. The zero-order valence-corrected chi connectivity index (χ0v) is 19.9. The number of likely N-dealkylation sites (tertiary alicyclic amines) is 1. The summed E-state index contributed by atoms with van der Waals surface area (Å²) in [6.07, 6.45) is 7.00. The van der Waals surface area contributed by atoms with E-state index in [-0.39, 0.29) is 30.2 Å². The van der Waals surface area contributed by atoms with Crippen LogP contribution in [0.3, 0.4) is 0 Å². The first-order valence-corrected chi connectivity index (χ1v) is 12.6. The molecule has 0 saturated carbocycles. The number of hydrogen-bond acceptors (Lipinski definition) is 6. The van der Waals surface area contributed by atoms with Crippen molar-refractivity contribution in [3.63, 3.8) is 0 Å². The van der Waals surface area contributed by atoms with Gasteiger partial charge in [0.1, 0.15) is 5.25 Å². The number of rotatable bonds is 5. The molecule has 34 heavy (non-hydrogen) atoms. The first-order valence-electron chi connectivity index (χ1n) is 11.7. The topological polar surface area (TPSA) is 109 Å². The van der Waals surface area contributed by atoms with Crippen molar-refractivity contribution in [1.82, 2.24) is 20.0 Å². The largest absolute Gasteiger partial charge is 0.351 e. The lowest BCUT2D eigenvalue weighted by Crippen LogP contribution is -2.31. The third kappa shape index (κ3) is 4.72. The first-order chi connectivity index (χ1) is 16.5. The SMILES string of the molecule is Cn1ncc2c1CCCC2NC(=O)c1ccc(NC(=O)CC2SC(N3CCCC3)=NC2=O)cc1. The third-order valence-electron chi connectivity index (χ3n) is 6.59. The molecule has 10 heteroatoms. The Bertz CT molecular complexity index is 1140. The highest BCUT2D eigenvalue weighted by atomic mass is 32.2. The molecule has 2 aliphatic heterocycles. The van der Waals surface area contributed by atoms with Crippen molar-refractivity contribution >= 4 is 40.3 Å². The predicted molar refractivity (Wildman–Crippen MR) is 131 cm³/mol. The number of aryl methyl sites for hydroxylation is 1. The molecule has 1 saturated heterocycles. The zero-order valence-electron chi connectivity index (χ0n) is 19.1. The van der Waals surface area contributed by atoms with E-state index in [1.807, 2.05) is 17.9 Å². The smallest absolute Gasteiger partial charge is 0.262 e. The number of nitrogens with one attached hydrogen (secondary N) is 2. The van der Waals surface area contributed by atoms with Gasteiger partial charge in [0, 0.05) is 49.1 Å². The molecule has 0 spiro atoms. The van der Waals surface area contributed by atoms with Gasteiger partial charge in [-0.05, 0) is 56.4 Å². The minimum absolute atomic E-state index is 0.0431. The molecule has 3 aliphatic rings. The number of amides is 3. The van der Waals surface area contributed by atoms with Crippen LogP contribution in [0, 0.1) is 0 Å². The van der Waals surface area contributed by atoms with Crippen LogP contribution in [0.5, 0.6) is 0 Å². The van der Waals surface area contributed by atoms with Gasteiger partial charge in [-0.2, -0.15) is 10.1 Å². The summed E-state index contributed by atoms with van der Waals surface area (Å²) in [5, 5.41) is 10.5. The molecule has 1 aromatic carbocycles. The van der Waals surface area contributed by atoms with Gasteiger partial charge in [-0.3, -0.25) is 19.1 Å². The maximum absolute atomic E-state index is 12.8. The van der Waals surface area contributed by atoms with Crippen molar-refractivity contribution in [2.75, 3.05) is 18.4 Å². The number of nitrogens with zero attached hydrogens (tertiary/aromatic N) is 4. The van der Waals surface area contributed by atoms with E-state index >= 15 is 0 Å². The summed E-state index contributed by atoms with van der Waals surface area (Å²) < 4.78 is 1.88. The number of aromatic nitrogens is 2. The summed E-state index contributed by atoms with van der Waals surface area (Å²) in [7, 11) is 1.93. The predicted octanol–water partition coefficient (Wildman–Crippen LogP) is 2.65. The Morgan fingerprint density at radius 3 is 2.68 bits per heavy atom. The molecule has 2 unspecified atom stereocenters. The van der Waals surface area contributed by atoms with Crippen LogP contribution in [0.2, 0.25) is 0 Å². The fourth-order valence-electron chi connectivity index (χ4n) is 4.74. The zero-order chi connectivity index (χ0) is 23.7. The lowest BCUT2D eigenvalue weighted by Gasteiger charge is -2.23. The van der Waals surface area contributed by atoms with E-state index in [1.54, 1.807) is 24.3 Å². The standard InChI is InChI=1S/C24H28N6O3S/c1-29-19-6-4-5-18(17(19)14-25-29)27-22(32)15-7-9-16(10-8-15)26-21(31)13-20-23(33)28-24(34-20)30-11-2-3-12-30/h7-10,14,18,20H,2-6,11-13H2,1H3,(H,26,31)(H,27,32). The van der Waals surface area contributed by atoms with E-state index in [0.29, 0.717) is 11.3 Å². The summed E-state index contributed by atoms with van der Waals surface area (Å²) in [6.45, 7) is 1.84. The number of fused-ring (bicyclic) bond motifs is 1. The number of carbonyl (C=O) groups excluding carboxylic acids is 3. The Morgan fingerprint density at radius 2 is 1.91 bits per heavy atom. The molecule has 3 amide bonds. The van der Waals surface area contributed by atoms with E-state index in [9.17, 15) is 14.4 Å². The molecule has 2 N–H and O–H groups in total. The second kappa shape index (κ2) is 9.61. The van der Waals surface area contributed by atoms with Gasteiger partial charge < -0.3 is 15.5 Å². The van der Waals surface area contributed by atoms with Gasteiger partial charge in [-0.15, -0.1) is 0 Å². The maximum atomic E-state index is 12.8. The Labute approximate surface area is 202 Å². The van der Waals surface area contributed by atoms with Gasteiger partial charge in [0.05, 0.1) is 12.2 Å². The molecular formula is C24H28N6O3S. The van der Waals surface area contributed by atoms with Crippen LogP contribution in [0.4, 0.5) is 5.69 Å². The third-order valence-corrected chi connectivity index (χ3v) is 7.80. The quantitative estimate of drug-likeness (QED) is 0.681. The van der Waals surface area contributed by atoms with Gasteiger partial charge in [0.25, 0.3) is 11.8 Å². The Kier molecular flexibility index (Phi) is 6.40. The fraction of sp³-hybridized carbons (Fsp3) is 0.458. The lowest BCUT2D eigenvalue weighted by atomic mass is 9.93. The van der Waals surface area contributed by atoms with Crippen molar-refractivity contribution in [2.24, 2.45) is 12.0 Å². The van der Waals surface area contributed by atoms with Crippen molar-refractivity contribution < 1.29 is 14.4 Å². The minimum atomic E-state index is -0.478. The van der Waals surface area contributed by atoms with Crippen LogP contribution >= 0.6 is 11.8 Å². The van der Waals surface area contributed by atoms with Crippen LogP contribution < -0.4 is 10.6 Å². The molecule has 5 rings (SSSR count). The number of aliphatic imine (C=N–C) groups is 1. The van der Waals surface area contributed by atoms with E-state index in [2.05, 4.69) is 25.6 Å². The monoisotopic (exact) mass is 480 g/mol. The molecule has 1 aromatic heterocycles. The molecule has 2 aromatic rings. The van der Waals surface area contributed by atoms with Crippen molar-refractivity contribution in [2.45, 2.75) is 49.8 Å². The van der Waals surface area contributed by atoms with Crippen LogP contribution in [-0.4, -0.2) is 55.9 Å². The second-order valence-corrected chi connectivity index (χ2v) is 10.1. The van der Waals surface area contributed by atoms with Crippen LogP contribution in [0.1, 0.15) is 59.8 Å². The molecule has 3 heterocycles. The maximum Gasteiger partial charge on any atom is 0.262 e. The van der Waals surface area contributed by atoms with E-state index < -0.39 is 5.25 Å². The molecule has 2 atom stereocenters. The number of hydrogen-bond donors (Lipinski definition) is 2. The highest BCUT2D eigenvalue weighted by Crippen LogP contribution is 2.30. The van der Waals surface area contributed by atoms with Crippen LogP contribution in [0.15, 0.2) is 35.5 Å². The Balaban J connectivity index is 1.14. The molecule has 0 bridgehead atoms. The van der Waals surface area contributed by atoms with Crippen molar-refractivity contribution in [1.29, 1.82) is 0 Å². The van der Waals surface area contributed by atoms with E-state index in [1.165, 1.54) is 17.5 Å². The van der Waals surface area contributed by atoms with Crippen LogP contribution in [-0.2, 0) is 23.1 Å². The van der Waals surface area contributed by atoms with Crippen molar-refractivity contribution in [3.05, 3.63) is 47.3 Å². The molecule has 9 nitrogen and oxygen atoms in total. The molecule has 1 fully saturated rings. The molecule has 0 radical (unpaired) electrons. The number of anilines is 1. The number of amidine groups is 1. The normalized spacial score (nSPS) is 21.9. The van der Waals surface area contributed by atoms with Crippen LogP contribution in [0.25, 0.3) is 0 Å². The summed E-state index contributed by atoms with van der Waals surface area (Å²) in [6, 6.07) is 6.76. The van der Waals surface area contributed by atoms with E-state index in [4.69, 9.17) is 0 Å². The van der Waals surface area contributed by atoms with Gasteiger partial charge in [0.15, 0.2) is 5.17 Å². The molecule has 178 valence electrons. The Hall–Kier alpha value is -3.14. The van der Waals surface area contributed by atoms with Gasteiger partial charge >= 0.3 is 0 Å². The summed E-state index contributed by atoms with van der Waals surface area (Å²) in [4.78, 5) is 43.8. The van der Waals surface area contributed by atoms with Gasteiger partial charge in [0.2, 0.25) is 5.91 Å². The average molecular weight is 481 g/mol. The number of carbonyl (C=O) groups is 3. The highest BCUT2D eigenvalue weighted by molar-refractivity contribution is 8.15. The van der Waals surface area contributed by atoms with Gasteiger partial charge in [-0.1, -0.05) is 11.8 Å². The number of thioether (sulfide) groups is 1. The summed E-state index contributed by atoms with van der Waals surface area (Å²) >= 11 is 1.38. The second-order valence-electron chi connectivity index (χ2n) is 8.95. The Morgan fingerprint density at radius 1 is 1.15 bits per heavy atom. The van der Waals surface area contributed by atoms with E-state index in [0.717, 1.165) is 55.9 Å². The molecule has 1 aliphatic carbocycles. The van der Waals surface area contributed by atoms with Gasteiger partial charge in [-0.25, -0.2) is 0 Å². The summed E-state index contributed by atoms with van der Waals surface area (Å²) in [5.41, 5.74) is 3.37. The molecular weight excluding hydrogens is 452 g/mol. The fourth-order valence-corrected chi connectivity index (χ4v) is 5.85. The average Bonchev–Trinajstić information content (AvgIpc) is 3.56.